The summed E-state index contributed by atoms with van der Waals surface area (Å²) in [4.78, 5) is 23.5. The van der Waals surface area contributed by atoms with E-state index in [-0.39, 0.29) is 11.7 Å². The molecule has 0 spiro atoms. The predicted molar refractivity (Wildman–Crippen MR) is 93.9 cm³/mol. The van der Waals surface area contributed by atoms with Crippen LogP contribution in [-0.4, -0.2) is 24.7 Å². The van der Waals surface area contributed by atoms with E-state index in [1.54, 1.807) is 43.3 Å². The van der Waals surface area contributed by atoms with Crippen LogP contribution in [0, 0.1) is 0 Å². The Labute approximate surface area is 149 Å². The maximum Gasteiger partial charge on any atom is 0.338 e. The van der Waals surface area contributed by atoms with Crippen LogP contribution < -0.4 is 5.43 Å². The number of hydrogen-bond acceptors (Lipinski definition) is 6. The zero-order chi connectivity index (χ0) is 18.4. The lowest BCUT2D eigenvalue weighted by Gasteiger charge is -2.03. The number of hydrazone groups is 1. The molecule has 1 amide bonds. The third kappa shape index (κ3) is 4.07. The van der Waals surface area contributed by atoms with Crippen molar-refractivity contribution in [1.82, 2.24) is 5.43 Å². The Morgan fingerprint density at radius 3 is 2.85 bits per heavy atom. The number of esters is 1. The lowest BCUT2D eigenvalue weighted by molar-refractivity contribution is 0.0526. The highest BCUT2D eigenvalue weighted by Crippen LogP contribution is 2.23. The smallest absolute Gasteiger partial charge is 0.338 e. The third-order valence-electron chi connectivity index (χ3n) is 3.39. The fourth-order valence-corrected chi connectivity index (χ4v) is 2.21. The summed E-state index contributed by atoms with van der Waals surface area (Å²) in [6.07, 6.45) is 2.78. The highest BCUT2D eigenvalue weighted by Gasteiger charge is 2.10. The normalized spacial score (nSPS) is 10.8. The fraction of sp³-hybridized carbons (Fsp3) is 0.105. The molecule has 3 aromatic rings. The summed E-state index contributed by atoms with van der Waals surface area (Å²) in [6, 6.07) is 13.5. The summed E-state index contributed by atoms with van der Waals surface area (Å²) in [7, 11) is 0. The van der Waals surface area contributed by atoms with Gasteiger partial charge in [-0.2, -0.15) is 5.10 Å². The second kappa shape index (κ2) is 7.98. The second-order valence-corrected chi connectivity index (χ2v) is 5.18. The van der Waals surface area contributed by atoms with E-state index in [0.717, 1.165) is 5.56 Å². The lowest BCUT2D eigenvalue weighted by atomic mass is 10.1. The van der Waals surface area contributed by atoms with Gasteiger partial charge >= 0.3 is 11.9 Å². The quantitative estimate of drug-likeness (QED) is 0.416. The molecule has 26 heavy (non-hydrogen) atoms. The Balaban J connectivity index is 1.68. The molecule has 132 valence electrons. The monoisotopic (exact) mass is 352 g/mol. The van der Waals surface area contributed by atoms with Gasteiger partial charge in [-0.1, -0.05) is 12.1 Å². The van der Waals surface area contributed by atoms with E-state index in [9.17, 15) is 9.59 Å². The first-order valence-electron chi connectivity index (χ1n) is 7.91. The van der Waals surface area contributed by atoms with Gasteiger partial charge in [0.15, 0.2) is 5.76 Å². The van der Waals surface area contributed by atoms with Crippen LogP contribution in [0.2, 0.25) is 0 Å². The number of furan rings is 2. The predicted octanol–water partition coefficient (Wildman–Crippen LogP) is 3.48. The van der Waals surface area contributed by atoms with Crippen LogP contribution in [0.25, 0.3) is 11.3 Å². The van der Waals surface area contributed by atoms with E-state index in [4.69, 9.17) is 13.6 Å². The third-order valence-corrected chi connectivity index (χ3v) is 3.39. The molecule has 1 N–H and O–H groups in total. The van der Waals surface area contributed by atoms with E-state index in [0.29, 0.717) is 23.7 Å². The van der Waals surface area contributed by atoms with Crippen LogP contribution in [0.4, 0.5) is 0 Å². The van der Waals surface area contributed by atoms with Crippen molar-refractivity contribution in [3.05, 3.63) is 71.9 Å². The topological polar surface area (TPSA) is 94.0 Å². The van der Waals surface area contributed by atoms with Crippen LogP contribution in [-0.2, 0) is 4.74 Å². The minimum Gasteiger partial charge on any atom is -0.462 e. The molecule has 0 aliphatic carbocycles. The van der Waals surface area contributed by atoms with Gasteiger partial charge in [0, 0.05) is 5.56 Å². The number of hydrogen-bond donors (Lipinski definition) is 1. The standard InChI is InChI=1S/C19H16N2O5/c1-2-24-19(23)14-6-3-5-13(11-14)16-9-8-15(26-16)12-20-21-18(22)17-7-4-10-25-17/h3-12H,2H2,1H3,(H,21,22)/b20-12-. The van der Waals surface area contributed by atoms with Gasteiger partial charge < -0.3 is 13.6 Å². The summed E-state index contributed by atoms with van der Waals surface area (Å²) in [5.74, 6) is 0.331. The average Bonchev–Trinajstić information content (AvgIpc) is 3.34. The van der Waals surface area contributed by atoms with Crippen molar-refractivity contribution in [2.24, 2.45) is 5.10 Å². The molecule has 3 rings (SSSR count). The molecule has 0 saturated heterocycles. The SMILES string of the molecule is CCOC(=O)c1cccc(-c2ccc(/C=N\NC(=O)c3ccco3)o2)c1. The molecule has 0 saturated carbocycles. The first-order chi connectivity index (χ1) is 12.7. The highest BCUT2D eigenvalue weighted by molar-refractivity contribution is 5.92. The Kier molecular flexibility index (Phi) is 5.28. The number of ether oxygens (including phenoxy) is 1. The minimum atomic E-state index is -0.458. The Morgan fingerprint density at radius 2 is 2.08 bits per heavy atom. The van der Waals surface area contributed by atoms with E-state index in [1.165, 1.54) is 18.5 Å². The van der Waals surface area contributed by atoms with Gasteiger partial charge in [-0.05, 0) is 43.3 Å². The molecule has 0 atom stereocenters. The molecule has 0 fully saturated rings. The van der Waals surface area contributed by atoms with Crippen molar-refractivity contribution in [1.29, 1.82) is 0 Å². The van der Waals surface area contributed by atoms with Gasteiger partial charge in [-0.15, -0.1) is 0 Å². The van der Waals surface area contributed by atoms with Gasteiger partial charge in [0.25, 0.3) is 0 Å². The van der Waals surface area contributed by atoms with E-state index in [1.807, 2.05) is 6.07 Å². The van der Waals surface area contributed by atoms with Crippen LogP contribution in [0.5, 0.6) is 0 Å². The molecule has 2 heterocycles. The van der Waals surface area contributed by atoms with Crippen molar-refractivity contribution in [2.75, 3.05) is 6.61 Å². The van der Waals surface area contributed by atoms with Gasteiger partial charge in [-0.25, -0.2) is 10.2 Å². The van der Waals surface area contributed by atoms with Crippen LogP contribution in [0.3, 0.4) is 0 Å². The molecule has 1 aromatic carbocycles. The molecule has 0 aliphatic rings. The van der Waals surface area contributed by atoms with Crippen molar-refractivity contribution in [3.8, 4) is 11.3 Å². The van der Waals surface area contributed by atoms with Crippen molar-refractivity contribution < 1.29 is 23.2 Å². The first kappa shape index (κ1) is 17.2. The maximum atomic E-state index is 11.8. The van der Waals surface area contributed by atoms with Gasteiger partial charge in [0.2, 0.25) is 0 Å². The largest absolute Gasteiger partial charge is 0.462 e. The van der Waals surface area contributed by atoms with E-state index in [2.05, 4.69) is 10.5 Å². The fourth-order valence-electron chi connectivity index (χ4n) is 2.21. The molecular formula is C19H16N2O5. The number of nitrogens with one attached hydrogen (secondary N) is 1. The average molecular weight is 352 g/mol. The Morgan fingerprint density at radius 1 is 1.19 bits per heavy atom. The van der Waals surface area contributed by atoms with Crippen molar-refractivity contribution >= 4 is 18.1 Å². The summed E-state index contributed by atoms with van der Waals surface area (Å²) < 4.78 is 15.6. The van der Waals surface area contributed by atoms with Crippen LogP contribution in [0.1, 0.15) is 33.6 Å². The van der Waals surface area contributed by atoms with Crippen molar-refractivity contribution in [2.45, 2.75) is 6.92 Å². The van der Waals surface area contributed by atoms with Crippen molar-refractivity contribution in [3.63, 3.8) is 0 Å². The van der Waals surface area contributed by atoms with Gasteiger partial charge in [0.05, 0.1) is 24.6 Å². The second-order valence-electron chi connectivity index (χ2n) is 5.18. The van der Waals surface area contributed by atoms with Crippen LogP contribution in [0.15, 0.2) is 68.7 Å². The summed E-state index contributed by atoms with van der Waals surface area (Å²) in [5.41, 5.74) is 3.51. The number of nitrogens with zero attached hydrogens (tertiary/aromatic N) is 1. The minimum absolute atomic E-state index is 0.165. The van der Waals surface area contributed by atoms with E-state index < -0.39 is 5.91 Å². The zero-order valence-electron chi connectivity index (χ0n) is 14.0. The highest BCUT2D eigenvalue weighted by atomic mass is 16.5. The molecule has 0 radical (unpaired) electrons. The van der Waals surface area contributed by atoms with Gasteiger partial charge in [-0.3, -0.25) is 4.79 Å². The number of rotatable bonds is 6. The summed E-state index contributed by atoms with van der Waals surface area (Å²) in [5, 5.41) is 3.82. The van der Waals surface area contributed by atoms with Crippen LogP contribution >= 0.6 is 0 Å². The number of amides is 1. The maximum absolute atomic E-state index is 11.8. The Hall–Kier alpha value is -3.61. The zero-order valence-corrected chi connectivity index (χ0v) is 14.0. The summed E-state index contributed by atoms with van der Waals surface area (Å²) >= 11 is 0. The van der Waals surface area contributed by atoms with Gasteiger partial charge in [0.1, 0.15) is 11.5 Å². The molecular weight excluding hydrogens is 336 g/mol. The molecule has 0 aliphatic heterocycles. The van der Waals surface area contributed by atoms with E-state index >= 15 is 0 Å². The first-order valence-corrected chi connectivity index (χ1v) is 7.91. The number of benzene rings is 1. The summed E-state index contributed by atoms with van der Waals surface area (Å²) in [6.45, 7) is 2.07. The Bertz CT molecular complexity index is 925. The molecule has 0 unspecified atom stereocenters. The lowest BCUT2D eigenvalue weighted by Crippen LogP contribution is -2.16. The molecule has 7 heteroatoms. The molecule has 7 nitrogen and oxygen atoms in total. The number of carbonyl (C=O) groups is 2. The molecule has 2 aromatic heterocycles. The number of carbonyl (C=O) groups excluding carboxylic acids is 2. The molecule has 0 bridgehead atoms.